The van der Waals surface area contributed by atoms with Crippen molar-refractivity contribution in [3.05, 3.63) is 83.8 Å². The monoisotopic (exact) mass is 475 g/mol. The Labute approximate surface area is 199 Å². The number of carbonyl (C=O) groups is 3. The zero-order chi connectivity index (χ0) is 24.8. The average Bonchev–Trinajstić information content (AvgIpc) is 3.25. The van der Waals surface area contributed by atoms with Crippen LogP contribution in [0, 0.1) is 5.82 Å². The first kappa shape index (κ1) is 23.6. The lowest BCUT2D eigenvalue weighted by Gasteiger charge is -2.10. The fourth-order valence-electron chi connectivity index (χ4n) is 3.47. The molecule has 178 valence electrons. The van der Waals surface area contributed by atoms with E-state index >= 15 is 0 Å². The smallest absolute Gasteiger partial charge is 0.339 e. The summed E-state index contributed by atoms with van der Waals surface area (Å²) in [6, 6.07) is 16.2. The Bertz CT molecular complexity index is 1390. The summed E-state index contributed by atoms with van der Waals surface area (Å²) >= 11 is 0. The van der Waals surface area contributed by atoms with E-state index < -0.39 is 24.5 Å². The summed E-state index contributed by atoms with van der Waals surface area (Å²) in [5.41, 5.74) is 2.49. The number of ether oxygens (including phenoxy) is 1. The molecule has 0 unspecified atom stereocenters. The normalized spacial score (nSPS) is 10.7. The van der Waals surface area contributed by atoms with Crippen LogP contribution in [0.25, 0.3) is 22.3 Å². The highest BCUT2D eigenvalue weighted by atomic mass is 19.1. The first-order chi connectivity index (χ1) is 16.9. The fraction of sp³-hybridized carbons (Fsp3) is 0.160. The minimum absolute atomic E-state index is 0.158. The van der Waals surface area contributed by atoms with E-state index in [1.54, 1.807) is 29.8 Å². The van der Waals surface area contributed by atoms with Crippen LogP contribution in [0.4, 0.5) is 9.18 Å². The number of hydrogen-bond donors (Lipinski definition) is 2. The van der Waals surface area contributed by atoms with Crippen molar-refractivity contribution in [2.24, 2.45) is 0 Å². The van der Waals surface area contributed by atoms with Gasteiger partial charge in [0.1, 0.15) is 5.82 Å². The van der Waals surface area contributed by atoms with Gasteiger partial charge in [-0.15, -0.1) is 0 Å². The molecule has 4 aromatic rings. The number of benzene rings is 2. The minimum Gasteiger partial charge on any atom is -0.452 e. The molecule has 0 radical (unpaired) electrons. The maximum atomic E-state index is 13.7. The van der Waals surface area contributed by atoms with Crippen molar-refractivity contribution in [1.82, 2.24) is 25.4 Å². The third-order valence-corrected chi connectivity index (χ3v) is 5.04. The highest BCUT2D eigenvalue weighted by Gasteiger charge is 2.20. The van der Waals surface area contributed by atoms with Crippen LogP contribution in [0.1, 0.15) is 22.8 Å². The lowest BCUT2D eigenvalue weighted by atomic mass is 10.1. The SMILES string of the molecule is CCNC(=O)NC(=O)COC(=O)c1cc(-c2ccccc2)nc2c1cnn2Cc1cccc(F)c1. The molecule has 9 nitrogen and oxygen atoms in total. The molecule has 0 aliphatic carbocycles. The largest absolute Gasteiger partial charge is 0.452 e. The van der Waals surface area contributed by atoms with E-state index in [-0.39, 0.29) is 17.9 Å². The number of carbonyl (C=O) groups excluding carboxylic acids is 3. The summed E-state index contributed by atoms with van der Waals surface area (Å²) in [7, 11) is 0. The summed E-state index contributed by atoms with van der Waals surface area (Å²) < 4.78 is 20.4. The van der Waals surface area contributed by atoms with Gasteiger partial charge in [-0.1, -0.05) is 42.5 Å². The van der Waals surface area contributed by atoms with Gasteiger partial charge in [0.05, 0.1) is 29.4 Å². The van der Waals surface area contributed by atoms with Crippen LogP contribution in [0.15, 0.2) is 66.9 Å². The van der Waals surface area contributed by atoms with Gasteiger partial charge in [-0.25, -0.2) is 23.6 Å². The molecule has 0 fully saturated rings. The Balaban J connectivity index is 1.66. The Morgan fingerprint density at radius 1 is 1.06 bits per heavy atom. The second kappa shape index (κ2) is 10.6. The first-order valence-electron chi connectivity index (χ1n) is 10.9. The number of halogens is 1. The molecule has 10 heteroatoms. The van der Waals surface area contributed by atoms with Gasteiger partial charge in [0.15, 0.2) is 12.3 Å². The van der Waals surface area contributed by atoms with E-state index in [0.29, 0.717) is 28.8 Å². The molecule has 0 spiro atoms. The van der Waals surface area contributed by atoms with Gasteiger partial charge < -0.3 is 10.1 Å². The molecule has 0 aliphatic heterocycles. The van der Waals surface area contributed by atoms with E-state index in [4.69, 9.17) is 4.74 Å². The quantitative estimate of drug-likeness (QED) is 0.397. The van der Waals surface area contributed by atoms with Crippen molar-refractivity contribution in [3.8, 4) is 11.3 Å². The van der Waals surface area contributed by atoms with Crippen LogP contribution in [0.3, 0.4) is 0 Å². The molecule has 0 atom stereocenters. The second-order valence-electron chi connectivity index (χ2n) is 7.57. The van der Waals surface area contributed by atoms with E-state index in [1.165, 1.54) is 18.3 Å². The van der Waals surface area contributed by atoms with Crippen LogP contribution < -0.4 is 10.6 Å². The van der Waals surface area contributed by atoms with Gasteiger partial charge in [0.2, 0.25) is 0 Å². The number of nitrogens with one attached hydrogen (secondary N) is 2. The Kier molecular flexibility index (Phi) is 7.10. The molecular formula is C25H22FN5O4. The van der Waals surface area contributed by atoms with Gasteiger partial charge in [-0.05, 0) is 30.7 Å². The maximum absolute atomic E-state index is 13.7. The van der Waals surface area contributed by atoms with Crippen molar-refractivity contribution in [2.45, 2.75) is 13.5 Å². The average molecular weight is 475 g/mol. The molecule has 3 amide bonds. The predicted octanol–water partition coefficient (Wildman–Crippen LogP) is 3.29. The zero-order valence-electron chi connectivity index (χ0n) is 18.8. The molecule has 4 rings (SSSR count). The maximum Gasteiger partial charge on any atom is 0.339 e. The van der Waals surface area contributed by atoms with Crippen LogP contribution >= 0.6 is 0 Å². The van der Waals surface area contributed by atoms with E-state index in [0.717, 1.165) is 5.56 Å². The number of aromatic nitrogens is 3. The predicted molar refractivity (Wildman–Crippen MR) is 126 cm³/mol. The molecule has 0 aliphatic rings. The summed E-state index contributed by atoms with van der Waals surface area (Å²) in [4.78, 5) is 41.1. The van der Waals surface area contributed by atoms with Crippen molar-refractivity contribution in [2.75, 3.05) is 13.2 Å². The summed E-state index contributed by atoms with van der Waals surface area (Å²) in [5, 5.41) is 9.25. The Morgan fingerprint density at radius 2 is 1.86 bits per heavy atom. The molecule has 2 N–H and O–H groups in total. The number of fused-ring (bicyclic) bond motifs is 1. The van der Waals surface area contributed by atoms with Crippen molar-refractivity contribution >= 4 is 28.9 Å². The lowest BCUT2D eigenvalue weighted by Crippen LogP contribution is -2.41. The van der Waals surface area contributed by atoms with Gasteiger partial charge in [-0.3, -0.25) is 10.1 Å². The number of esters is 1. The van der Waals surface area contributed by atoms with Gasteiger partial charge in [0.25, 0.3) is 5.91 Å². The molecule has 2 aromatic carbocycles. The third kappa shape index (κ3) is 5.67. The van der Waals surface area contributed by atoms with Crippen molar-refractivity contribution in [3.63, 3.8) is 0 Å². The third-order valence-electron chi connectivity index (χ3n) is 5.04. The first-order valence-corrected chi connectivity index (χ1v) is 10.9. The second-order valence-corrected chi connectivity index (χ2v) is 7.57. The number of rotatable bonds is 7. The number of urea groups is 1. The standard InChI is InChI=1S/C25H22FN5O4/c1-2-27-25(34)30-22(32)15-35-24(33)19-12-21(17-8-4-3-5-9-17)29-23-20(19)13-28-31(23)14-16-7-6-10-18(26)11-16/h3-13H,2,14-15H2,1H3,(H2,27,30,32,34). The van der Waals surface area contributed by atoms with E-state index in [1.807, 2.05) is 30.3 Å². The molecule has 2 aromatic heterocycles. The Hall–Kier alpha value is -4.60. The number of amides is 3. The van der Waals surface area contributed by atoms with Gasteiger partial charge >= 0.3 is 12.0 Å². The van der Waals surface area contributed by atoms with Crippen LogP contribution in [-0.2, 0) is 16.1 Å². The lowest BCUT2D eigenvalue weighted by molar-refractivity contribution is -0.123. The fourth-order valence-corrected chi connectivity index (χ4v) is 3.47. The summed E-state index contributed by atoms with van der Waals surface area (Å²) in [6.07, 6.45) is 1.47. The number of pyridine rings is 1. The van der Waals surface area contributed by atoms with Crippen molar-refractivity contribution in [1.29, 1.82) is 0 Å². The van der Waals surface area contributed by atoms with E-state index in [9.17, 15) is 18.8 Å². The number of imide groups is 1. The number of hydrogen-bond acceptors (Lipinski definition) is 6. The van der Waals surface area contributed by atoms with Crippen LogP contribution in [0.2, 0.25) is 0 Å². The number of nitrogens with zero attached hydrogens (tertiary/aromatic N) is 3. The molecule has 0 bridgehead atoms. The van der Waals surface area contributed by atoms with E-state index in [2.05, 4.69) is 20.7 Å². The molecule has 0 saturated heterocycles. The minimum atomic E-state index is -0.772. The topological polar surface area (TPSA) is 115 Å². The Morgan fingerprint density at radius 3 is 2.60 bits per heavy atom. The molecule has 2 heterocycles. The van der Waals surface area contributed by atoms with Crippen molar-refractivity contribution < 1.29 is 23.5 Å². The van der Waals surface area contributed by atoms with Gasteiger partial charge in [0, 0.05) is 12.1 Å². The molecule has 35 heavy (non-hydrogen) atoms. The highest BCUT2D eigenvalue weighted by molar-refractivity contribution is 6.04. The highest BCUT2D eigenvalue weighted by Crippen LogP contribution is 2.26. The summed E-state index contributed by atoms with van der Waals surface area (Å²) in [6.45, 7) is 1.64. The zero-order valence-corrected chi connectivity index (χ0v) is 18.8. The van der Waals surface area contributed by atoms with Crippen LogP contribution in [-0.4, -0.2) is 45.8 Å². The summed E-state index contributed by atoms with van der Waals surface area (Å²) in [5.74, 6) is -1.90. The molecule has 0 saturated carbocycles. The van der Waals surface area contributed by atoms with Gasteiger partial charge in [-0.2, -0.15) is 5.10 Å². The molecular weight excluding hydrogens is 453 g/mol. The van der Waals surface area contributed by atoms with Crippen LogP contribution in [0.5, 0.6) is 0 Å².